The van der Waals surface area contributed by atoms with Crippen molar-refractivity contribution < 1.29 is 39.4 Å². The number of nitrogens with zero attached hydrogens (tertiary/aromatic N) is 2. The highest BCUT2D eigenvalue weighted by atomic mass is 19.5. The minimum atomic E-state index is -6.00. The Labute approximate surface area is 122 Å². The predicted molar refractivity (Wildman–Crippen MR) is 70.3 cm³/mol. The normalized spacial score (nSPS) is 9.95. The fraction of sp³-hybridized carbons (Fsp3) is 0.333. The minimum Gasteiger partial charge on any atom is -0.418 e. The molecule has 0 atom stereocenters. The molecule has 128 valence electrons. The molecular formula is C9H15B2F8N3. The number of diazo groups is 1. The summed E-state index contributed by atoms with van der Waals surface area (Å²) < 4.78 is 78.0. The highest BCUT2D eigenvalue weighted by molar-refractivity contribution is 6.50. The highest BCUT2D eigenvalue weighted by Gasteiger charge is 2.21. The van der Waals surface area contributed by atoms with Gasteiger partial charge in [-0.2, -0.15) is 0 Å². The summed E-state index contributed by atoms with van der Waals surface area (Å²) in [7, 11) is -5.75. The number of benzene rings is 1. The first-order chi connectivity index (χ1) is 9.66. The van der Waals surface area contributed by atoms with E-state index in [0.29, 0.717) is 5.69 Å². The molecule has 1 N–H and O–H groups in total. The van der Waals surface area contributed by atoms with Crippen molar-refractivity contribution in [3.63, 3.8) is 0 Å². The van der Waals surface area contributed by atoms with Gasteiger partial charge in [-0.25, -0.2) is 0 Å². The summed E-state index contributed by atoms with van der Waals surface area (Å²) in [4.78, 5) is 4.39. The average molecular weight is 339 g/mol. The van der Waals surface area contributed by atoms with Gasteiger partial charge in [-0.3, -0.25) is 0 Å². The molecule has 0 unspecified atom stereocenters. The van der Waals surface area contributed by atoms with Crippen molar-refractivity contribution >= 4 is 20.2 Å². The standard InChI is InChI=1S/C6H5N2.C3H9N.2BF4/c7-8-6-4-2-1-3-5-6;1-4(2)3;2*2-1(3,4)5/h1-5H;1-3H3;;/q+1;;2*-1/p+1. The monoisotopic (exact) mass is 339 g/mol. The Bertz CT molecular complexity index is 375. The molecule has 0 aromatic heterocycles. The molecule has 0 heterocycles. The van der Waals surface area contributed by atoms with Crippen LogP contribution >= 0.6 is 0 Å². The Hall–Kier alpha value is -1.83. The zero-order chi connectivity index (χ0) is 18.4. The van der Waals surface area contributed by atoms with Gasteiger partial charge in [0.05, 0.1) is 21.1 Å². The van der Waals surface area contributed by atoms with Gasteiger partial charge < -0.3 is 39.4 Å². The predicted octanol–water partition coefficient (Wildman–Crippen LogP) is 3.53. The summed E-state index contributed by atoms with van der Waals surface area (Å²) in [6.07, 6.45) is 0. The maximum absolute atomic E-state index is 9.75. The second-order valence-electron chi connectivity index (χ2n) is 3.93. The number of rotatable bonds is 0. The van der Waals surface area contributed by atoms with Gasteiger partial charge in [-0.15, -0.1) is 0 Å². The molecule has 0 bridgehead atoms. The maximum atomic E-state index is 9.75. The van der Waals surface area contributed by atoms with E-state index in [-0.39, 0.29) is 0 Å². The second kappa shape index (κ2) is 12.9. The van der Waals surface area contributed by atoms with Gasteiger partial charge in [0.2, 0.25) is 5.39 Å². The number of halogens is 8. The SMILES string of the molecule is C[NH+](C)C.F[B-](F)(F)F.F[B-](F)(F)F.N#[N+]c1ccccc1. The lowest BCUT2D eigenvalue weighted by Crippen LogP contribution is -3.02. The largest absolute Gasteiger partial charge is 0.673 e. The lowest BCUT2D eigenvalue weighted by atomic mass is 10.3. The van der Waals surface area contributed by atoms with Crippen LogP contribution < -0.4 is 4.90 Å². The Morgan fingerprint density at radius 3 is 1.14 bits per heavy atom. The number of hydrogen-bond donors (Lipinski definition) is 1. The van der Waals surface area contributed by atoms with Crippen LogP contribution in [-0.4, -0.2) is 35.7 Å². The van der Waals surface area contributed by atoms with Crippen LogP contribution in [0.25, 0.3) is 4.98 Å². The van der Waals surface area contributed by atoms with Gasteiger partial charge in [0, 0.05) is 12.1 Å². The zero-order valence-electron chi connectivity index (χ0n) is 12.0. The van der Waals surface area contributed by atoms with Crippen molar-refractivity contribution in [2.75, 3.05) is 21.1 Å². The summed E-state index contributed by atoms with van der Waals surface area (Å²) in [6, 6.07) is 8.94. The zero-order valence-corrected chi connectivity index (χ0v) is 12.0. The summed E-state index contributed by atoms with van der Waals surface area (Å²) in [5.41, 5.74) is 0.590. The van der Waals surface area contributed by atoms with Crippen molar-refractivity contribution in [3.8, 4) is 0 Å². The first-order valence-electron chi connectivity index (χ1n) is 5.58. The van der Waals surface area contributed by atoms with E-state index in [1.54, 1.807) is 12.1 Å². The molecule has 0 saturated heterocycles. The molecule has 1 aromatic rings. The van der Waals surface area contributed by atoms with E-state index in [1.165, 1.54) is 4.90 Å². The van der Waals surface area contributed by atoms with Crippen LogP contribution in [0.1, 0.15) is 0 Å². The van der Waals surface area contributed by atoms with Gasteiger partial charge in [-0.1, -0.05) is 18.2 Å². The Morgan fingerprint density at radius 2 is 1.00 bits per heavy atom. The van der Waals surface area contributed by atoms with Crippen LogP contribution in [0.15, 0.2) is 30.3 Å². The molecule has 1 rings (SSSR count). The van der Waals surface area contributed by atoms with Gasteiger partial charge in [0.15, 0.2) is 4.98 Å². The van der Waals surface area contributed by atoms with Crippen LogP contribution in [-0.2, 0) is 0 Å². The van der Waals surface area contributed by atoms with Crippen molar-refractivity contribution in [2.24, 2.45) is 0 Å². The summed E-state index contributed by atoms with van der Waals surface area (Å²) in [5.74, 6) is 0. The fourth-order valence-corrected chi connectivity index (χ4v) is 0.495. The molecule has 0 spiro atoms. The lowest BCUT2D eigenvalue weighted by Gasteiger charge is -1.94. The van der Waals surface area contributed by atoms with E-state index >= 15 is 0 Å². The molecule has 0 radical (unpaired) electrons. The third-order valence-corrected chi connectivity index (χ3v) is 0.872. The molecule has 1 aromatic carbocycles. The highest BCUT2D eigenvalue weighted by Crippen LogP contribution is 2.08. The summed E-state index contributed by atoms with van der Waals surface area (Å²) >= 11 is 0. The van der Waals surface area contributed by atoms with Gasteiger partial charge in [0.25, 0.3) is 0 Å². The van der Waals surface area contributed by atoms with Crippen LogP contribution in [0.2, 0.25) is 0 Å². The minimum absolute atomic E-state index is 0.590. The van der Waals surface area contributed by atoms with Crippen LogP contribution in [0.4, 0.5) is 40.2 Å². The smallest absolute Gasteiger partial charge is 0.418 e. The number of hydrogen-bond acceptors (Lipinski definition) is 1. The van der Waals surface area contributed by atoms with Gasteiger partial charge >= 0.3 is 20.2 Å². The van der Waals surface area contributed by atoms with Crippen molar-refractivity contribution in [3.05, 3.63) is 35.3 Å². The van der Waals surface area contributed by atoms with E-state index in [9.17, 15) is 34.5 Å². The second-order valence-corrected chi connectivity index (χ2v) is 3.93. The average Bonchev–Trinajstić information content (AvgIpc) is 2.25. The molecule has 0 amide bonds. The topological polar surface area (TPSA) is 32.6 Å². The first kappa shape index (κ1) is 25.1. The van der Waals surface area contributed by atoms with Crippen molar-refractivity contribution in [1.82, 2.24) is 0 Å². The summed E-state index contributed by atoms with van der Waals surface area (Å²) in [5, 5.41) is 8.16. The molecule has 0 aliphatic rings. The third kappa shape index (κ3) is 80.3. The number of nitrogens with one attached hydrogen (secondary N) is 1. The molecule has 0 aliphatic heterocycles. The van der Waals surface area contributed by atoms with Crippen LogP contribution in [0.5, 0.6) is 0 Å². The molecule has 22 heavy (non-hydrogen) atoms. The lowest BCUT2D eigenvalue weighted by molar-refractivity contribution is -0.836. The van der Waals surface area contributed by atoms with E-state index in [1.807, 2.05) is 18.2 Å². The van der Waals surface area contributed by atoms with Gasteiger partial charge in [0.1, 0.15) is 0 Å². The molecule has 0 fully saturated rings. The Kier molecular flexibility index (Phi) is 14.7. The fourth-order valence-electron chi connectivity index (χ4n) is 0.495. The van der Waals surface area contributed by atoms with E-state index in [4.69, 9.17) is 5.39 Å². The molecular weight excluding hydrogens is 324 g/mol. The van der Waals surface area contributed by atoms with E-state index in [0.717, 1.165) is 0 Å². The quantitative estimate of drug-likeness (QED) is 0.438. The van der Waals surface area contributed by atoms with Crippen molar-refractivity contribution in [2.45, 2.75) is 0 Å². The number of quaternary nitrogens is 1. The Morgan fingerprint density at radius 1 is 0.773 bits per heavy atom. The molecule has 3 nitrogen and oxygen atoms in total. The van der Waals surface area contributed by atoms with Crippen molar-refractivity contribution in [1.29, 1.82) is 5.39 Å². The summed E-state index contributed by atoms with van der Waals surface area (Å²) in [6.45, 7) is 0. The van der Waals surface area contributed by atoms with E-state index in [2.05, 4.69) is 26.1 Å². The van der Waals surface area contributed by atoms with E-state index < -0.39 is 14.5 Å². The molecule has 13 heteroatoms. The third-order valence-electron chi connectivity index (χ3n) is 0.872. The molecule has 0 aliphatic carbocycles. The van der Waals surface area contributed by atoms with Crippen LogP contribution in [0.3, 0.4) is 0 Å². The van der Waals surface area contributed by atoms with Crippen LogP contribution in [0, 0.1) is 5.39 Å². The first-order valence-corrected chi connectivity index (χ1v) is 5.58. The Balaban J connectivity index is -0.000000230. The maximum Gasteiger partial charge on any atom is 0.673 e. The molecule has 0 saturated carbocycles. The van der Waals surface area contributed by atoms with Gasteiger partial charge in [-0.05, 0) is 0 Å².